The highest BCUT2D eigenvalue weighted by atomic mass is 16.6. The number of esters is 6. The zero-order valence-electron chi connectivity index (χ0n) is 30.1. The standard InChI is InChI=1S/C37H46O13/c1-20-16-17-35(8,9)32(46-23(4)39)30(45-22(3)38)33(47-24(5)40)36(10,49-25(6)41)19-28-29(48-34(44)27-14-12-11-13-15-27)21(2)18-37(28,31(20)43)50-26(7)42/h11-17,19-21,29-30,32-33H,18H2,1-10H3/b17-16+,28-19-/t20-,21+,29-,30+,32+,33+,36-,37+/m0/s1. The maximum atomic E-state index is 14.7. The second-order valence-corrected chi connectivity index (χ2v) is 13.6. The zero-order valence-corrected chi connectivity index (χ0v) is 30.1. The summed E-state index contributed by atoms with van der Waals surface area (Å²) in [4.78, 5) is 91.9. The van der Waals surface area contributed by atoms with Crippen LogP contribution in [0.25, 0.3) is 0 Å². The lowest BCUT2D eigenvalue weighted by molar-refractivity contribution is -0.213. The van der Waals surface area contributed by atoms with E-state index >= 15 is 0 Å². The van der Waals surface area contributed by atoms with E-state index in [9.17, 15) is 33.6 Å². The predicted octanol–water partition coefficient (Wildman–Crippen LogP) is 4.40. The van der Waals surface area contributed by atoms with E-state index in [1.54, 1.807) is 52.0 Å². The van der Waals surface area contributed by atoms with Gasteiger partial charge in [-0.3, -0.25) is 28.8 Å². The van der Waals surface area contributed by atoms with Gasteiger partial charge in [0.05, 0.1) is 5.56 Å². The second kappa shape index (κ2) is 15.4. The van der Waals surface area contributed by atoms with Crippen molar-refractivity contribution in [2.75, 3.05) is 0 Å². The van der Waals surface area contributed by atoms with Gasteiger partial charge in [-0.2, -0.15) is 0 Å². The number of carbonyl (C=O) groups is 7. The smallest absolute Gasteiger partial charge is 0.338 e. The van der Waals surface area contributed by atoms with Gasteiger partial charge in [-0.25, -0.2) is 4.79 Å². The third kappa shape index (κ3) is 8.85. The molecule has 0 radical (unpaired) electrons. The number of Topliss-reactive ketones (excluding diaryl/α,β-unsaturated/α-hetero) is 1. The highest BCUT2D eigenvalue weighted by molar-refractivity contribution is 5.97. The van der Waals surface area contributed by atoms with Crippen LogP contribution in [-0.4, -0.2) is 77.2 Å². The highest BCUT2D eigenvalue weighted by Gasteiger charge is 2.61. The molecule has 0 spiro atoms. The van der Waals surface area contributed by atoms with E-state index in [1.165, 1.54) is 31.2 Å². The third-order valence-electron chi connectivity index (χ3n) is 8.68. The summed E-state index contributed by atoms with van der Waals surface area (Å²) in [5.41, 5.74) is -5.31. The predicted molar refractivity (Wildman–Crippen MR) is 176 cm³/mol. The number of benzene rings is 1. The van der Waals surface area contributed by atoms with E-state index in [4.69, 9.17) is 28.4 Å². The van der Waals surface area contributed by atoms with Crippen LogP contribution in [0.1, 0.15) is 86.0 Å². The van der Waals surface area contributed by atoms with Crippen LogP contribution in [0, 0.1) is 17.3 Å². The Labute approximate surface area is 291 Å². The van der Waals surface area contributed by atoms with Gasteiger partial charge in [0.15, 0.2) is 35.3 Å². The number of allylic oxidation sites excluding steroid dienone is 1. The number of hydrogen-bond donors (Lipinski definition) is 0. The maximum absolute atomic E-state index is 14.7. The number of ether oxygens (including phenoxy) is 6. The molecule has 0 heterocycles. The molecule has 8 atom stereocenters. The van der Waals surface area contributed by atoms with Crippen LogP contribution >= 0.6 is 0 Å². The van der Waals surface area contributed by atoms with Gasteiger partial charge in [0.1, 0.15) is 6.10 Å². The van der Waals surface area contributed by atoms with Crippen molar-refractivity contribution in [1.29, 1.82) is 0 Å². The Hall–Kier alpha value is -4.81. The molecule has 0 saturated heterocycles. The van der Waals surface area contributed by atoms with Gasteiger partial charge in [0, 0.05) is 63.9 Å². The fourth-order valence-corrected chi connectivity index (χ4v) is 6.70. The number of ketones is 1. The van der Waals surface area contributed by atoms with Crippen molar-refractivity contribution in [3.63, 3.8) is 0 Å². The Bertz CT molecular complexity index is 1570. The number of fused-ring (bicyclic) bond motifs is 1. The summed E-state index contributed by atoms with van der Waals surface area (Å²) in [6.45, 7) is 13.4. The second-order valence-electron chi connectivity index (χ2n) is 13.6. The molecule has 2 aliphatic rings. The van der Waals surface area contributed by atoms with Crippen molar-refractivity contribution in [3.8, 4) is 0 Å². The minimum absolute atomic E-state index is 0.0684. The van der Waals surface area contributed by atoms with Crippen molar-refractivity contribution in [3.05, 3.63) is 59.7 Å². The summed E-state index contributed by atoms with van der Waals surface area (Å²) in [5, 5.41) is 0. The Morgan fingerprint density at radius 1 is 0.700 bits per heavy atom. The van der Waals surface area contributed by atoms with Gasteiger partial charge < -0.3 is 28.4 Å². The normalized spacial score (nSPS) is 32.3. The molecule has 1 aromatic carbocycles. The fourth-order valence-electron chi connectivity index (χ4n) is 6.70. The summed E-state index contributed by atoms with van der Waals surface area (Å²) in [6, 6.07) is 8.07. The quantitative estimate of drug-likeness (QED) is 0.223. The molecule has 1 fully saturated rings. The molecule has 13 nitrogen and oxygen atoms in total. The van der Waals surface area contributed by atoms with Crippen molar-refractivity contribution >= 4 is 41.6 Å². The topological polar surface area (TPSA) is 175 Å². The fraction of sp³-hybridized carbons (Fsp3) is 0.541. The molecule has 0 aromatic heterocycles. The van der Waals surface area contributed by atoms with Gasteiger partial charge in [0.2, 0.25) is 0 Å². The monoisotopic (exact) mass is 698 g/mol. The molecule has 50 heavy (non-hydrogen) atoms. The first-order valence-electron chi connectivity index (χ1n) is 16.3. The number of rotatable bonds is 7. The molecule has 3 rings (SSSR count). The molecule has 2 aliphatic carbocycles. The van der Waals surface area contributed by atoms with Crippen molar-refractivity contribution in [2.45, 2.75) is 111 Å². The molecule has 1 aromatic rings. The van der Waals surface area contributed by atoms with E-state index in [1.807, 2.05) is 0 Å². The molecule has 272 valence electrons. The maximum Gasteiger partial charge on any atom is 0.338 e. The van der Waals surface area contributed by atoms with Crippen molar-refractivity contribution in [1.82, 2.24) is 0 Å². The third-order valence-corrected chi connectivity index (χ3v) is 8.68. The van der Waals surface area contributed by atoms with Gasteiger partial charge in [0.25, 0.3) is 0 Å². The lowest BCUT2D eigenvalue weighted by Gasteiger charge is -2.45. The first kappa shape index (κ1) is 39.6. The summed E-state index contributed by atoms with van der Waals surface area (Å²) in [7, 11) is 0. The SMILES string of the molecule is CC(=O)O[C@@H]1[C@@H](OC(C)=O)C(C)(C)/C=C/[C@H](C)C(=O)[C@@]2(OC(C)=O)C[C@@H](C)[C@H](OC(=O)c3ccccc3)/C2=C/[C@](C)(OC(C)=O)[C@@H]1OC(C)=O. The van der Waals surface area contributed by atoms with Crippen LogP contribution in [-0.2, 0) is 57.2 Å². The molecule has 13 heteroatoms. The van der Waals surface area contributed by atoms with Gasteiger partial charge in [-0.15, -0.1) is 0 Å². The van der Waals surface area contributed by atoms with Crippen LogP contribution in [0.2, 0.25) is 0 Å². The van der Waals surface area contributed by atoms with Crippen molar-refractivity contribution < 1.29 is 62.0 Å². The molecule has 1 saturated carbocycles. The van der Waals surface area contributed by atoms with E-state index in [0.29, 0.717) is 0 Å². The molecule has 0 N–H and O–H groups in total. The summed E-state index contributed by atoms with van der Waals surface area (Å²) >= 11 is 0. The molecule has 0 unspecified atom stereocenters. The Kier molecular flexibility index (Phi) is 12.2. The van der Waals surface area contributed by atoms with Gasteiger partial charge in [-0.05, 0) is 25.1 Å². The summed E-state index contributed by atoms with van der Waals surface area (Å²) in [5.74, 6) is -7.19. The van der Waals surface area contributed by atoms with E-state index < -0.39 is 94.5 Å². The Morgan fingerprint density at radius 2 is 1.24 bits per heavy atom. The largest absolute Gasteiger partial charge is 0.458 e. The van der Waals surface area contributed by atoms with E-state index in [-0.39, 0.29) is 17.6 Å². The first-order valence-corrected chi connectivity index (χ1v) is 16.3. The van der Waals surface area contributed by atoms with Gasteiger partial charge in [-0.1, -0.05) is 58.0 Å². The van der Waals surface area contributed by atoms with Crippen LogP contribution < -0.4 is 0 Å². The van der Waals surface area contributed by atoms with Gasteiger partial charge >= 0.3 is 35.8 Å². The lowest BCUT2D eigenvalue weighted by atomic mass is 9.74. The summed E-state index contributed by atoms with van der Waals surface area (Å²) in [6.07, 6.45) is -1.78. The number of carbonyl (C=O) groups excluding carboxylic acids is 7. The molecular formula is C37H46O13. The van der Waals surface area contributed by atoms with Crippen LogP contribution in [0.5, 0.6) is 0 Å². The van der Waals surface area contributed by atoms with Crippen LogP contribution in [0.15, 0.2) is 54.1 Å². The average molecular weight is 699 g/mol. The van der Waals surface area contributed by atoms with E-state index in [2.05, 4.69) is 0 Å². The minimum atomic E-state index is -2.15. The average Bonchev–Trinajstić information content (AvgIpc) is 3.24. The Morgan fingerprint density at radius 3 is 1.76 bits per heavy atom. The van der Waals surface area contributed by atoms with Crippen LogP contribution in [0.4, 0.5) is 0 Å². The molecule has 0 aliphatic heterocycles. The van der Waals surface area contributed by atoms with Crippen LogP contribution in [0.3, 0.4) is 0 Å². The van der Waals surface area contributed by atoms with Crippen molar-refractivity contribution in [2.24, 2.45) is 17.3 Å². The molecule has 0 bridgehead atoms. The highest BCUT2D eigenvalue weighted by Crippen LogP contribution is 2.49. The minimum Gasteiger partial charge on any atom is -0.458 e. The zero-order chi connectivity index (χ0) is 37.8. The summed E-state index contributed by atoms with van der Waals surface area (Å²) < 4.78 is 35.2. The first-order chi connectivity index (χ1) is 23.1. The molecular weight excluding hydrogens is 652 g/mol. The molecule has 0 amide bonds. The number of hydrogen-bond acceptors (Lipinski definition) is 13. The lowest BCUT2D eigenvalue weighted by Crippen LogP contribution is -2.60. The Balaban J connectivity index is 2.53. The van der Waals surface area contributed by atoms with E-state index in [0.717, 1.165) is 34.6 Å².